The van der Waals surface area contributed by atoms with E-state index in [9.17, 15) is 4.79 Å². The van der Waals surface area contributed by atoms with E-state index in [2.05, 4.69) is 42.4 Å². The summed E-state index contributed by atoms with van der Waals surface area (Å²) < 4.78 is 13.1. The standard InChI is InChI=1S/C20H21Br2N3O3/c21-17-4-3-16(19(22)11-17)14-28-18-5-1-15(2-6-18)12-23-24-20(26)13-25-7-9-27-10-8-25/h1-6,11-12H,7-10,13-14H2,(H,24,26)/b23-12-. The average molecular weight is 511 g/mol. The minimum Gasteiger partial charge on any atom is -0.489 e. The van der Waals surface area contributed by atoms with E-state index >= 15 is 0 Å². The molecule has 1 saturated heterocycles. The van der Waals surface area contributed by atoms with Crippen LogP contribution in [-0.2, 0) is 16.1 Å². The average Bonchev–Trinajstić information content (AvgIpc) is 2.69. The fourth-order valence-electron chi connectivity index (χ4n) is 2.63. The Kier molecular flexibility index (Phi) is 8.02. The highest BCUT2D eigenvalue weighted by atomic mass is 79.9. The molecule has 0 spiro atoms. The van der Waals surface area contributed by atoms with Crippen LogP contribution in [0, 0.1) is 0 Å². The number of hydrogen-bond acceptors (Lipinski definition) is 5. The first kappa shape index (κ1) is 21.0. The summed E-state index contributed by atoms with van der Waals surface area (Å²) in [6.45, 7) is 3.69. The first-order chi connectivity index (χ1) is 13.6. The molecule has 6 nitrogen and oxygen atoms in total. The summed E-state index contributed by atoms with van der Waals surface area (Å²) in [6.07, 6.45) is 1.62. The lowest BCUT2D eigenvalue weighted by Gasteiger charge is -2.25. The molecule has 8 heteroatoms. The zero-order valence-corrected chi connectivity index (χ0v) is 18.4. The molecule has 0 unspecified atom stereocenters. The molecule has 0 aromatic heterocycles. The van der Waals surface area contributed by atoms with Crippen LogP contribution in [0.15, 0.2) is 56.5 Å². The highest BCUT2D eigenvalue weighted by molar-refractivity contribution is 9.11. The monoisotopic (exact) mass is 509 g/mol. The van der Waals surface area contributed by atoms with Gasteiger partial charge in [-0.05, 0) is 42.0 Å². The fourth-order valence-corrected chi connectivity index (χ4v) is 3.79. The van der Waals surface area contributed by atoms with E-state index < -0.39 is 0 Å². The summed E-state index contributed by atoms with van der Waals surface area (Å²) in [6, 6.07) is 13.5. The third-order valence-corrected chi connectivity index (χ3v) is 5.39. The number of carbonyl (C=O) groups excluding carboxylic acids is 1. The largest absolute Gasteiger partial charge is 0.489 e. The van der Waals surface area contributed by atoms with E-state index in [4.69, 9.17) is 9.47 Å². The number of halogens is 2. The van der Waals surface area contributed by atoms with Crippen LogP contribution in [0.5, 0.6) is 5.75 Å². The van der Waals surface area contributed by atoms with Gasteiger partial charge in [0.2, 0.25) is 0 Å². The summed E-state index contributed by atoms with van der Waals surface area (Å²) in [5, 5.41) is 4.02. The van der Waals surface area contributed by atoms with Crippen LogP contribution in [0.2, 0.25) is 0 Å². The summed E-state index contributed by atoms with van der Waals surface area (Å²) in [5.41, 5.74) is 4.50. The number of rotatable bonds is 7. The number of ether oxygens (including phenoxy) is 2. The van der Waals surface area contributed by atoms with E-state index in [0.29, 0.717) is 26.4 Å². The van der Waals surface area contributed by atoms with Crippen molar-refractivity contribution in [3.63, 3.8) is 0 Å². The van der Waals surface area contributed by atoms with Crippen LogP contribution >= 0.6 is 31.9 Å². The van der Waals surface area contributed by atoms with Crippen LogP contribution in [0.3, 0.4) is 0 Å². The van der Waals surface area contributed by atoms with E-state index in [-0.39, 0.29) is 5.91 Å². The van der Waals surface area contributed by atoms with Crippen molar-refractivity contribution in [2.75, 3.05) is 32.8 Å². The van der Waals surface area contributed by atoms with Gasteiger partial charge in [-0.3, -0.25) is 9.69 Å². The maximum absolute atomic E-state index is 11.9. The number of carbonyl (C=O) groups is 1. The summed E-state index contributed by atoms with van der Waals surface area (Å²) in [5.74, 6) is 0.640. The fraction of sp³-hybridized carbons (Fsp3) is 0.300. The molecule has 0 radical (unpaired) electrons. The van der Waals surface area contributed by atoms with Gasteiger partial charge in [-0.15, -0.1) is 0 Å². The number of hydrazone groups is 1. The summed E-state index contributed by atoms with van der Waals surface area (Å²) in [7, 11) is 0. The van der Waals surface area contributed by atoms with Crippen LogP contribution in [0.4, 0.5) is 0 Å². The molecule has 0 aliphatic carbocycles. The smallest absolute Gasteiger partial charge is 0.254 e. The Morgan fingerprint density at radius 3 is 2.64 bits per heavy atom. The van der Waals surface area contributed by atoms with E-state index in [1.165, 1.54) is 0 Å². The molecular weight excluding hydrogens is 490 g/mol. The zero-order chi connectivity index (χ0) is 19.8. The van der Waals surface area contributed by atoms with Gasteiger partial charge in [0.05, 0.1) is 26.0 Å². The van der Waals surface area contributed by atoms with Gasteiger partial charge in [0, 0.05) is 27.6 Å². The van der Waals surface area contributed by atoms with Gasteiger partial charge in [-0.25, -0.2) is 5.43 Å². The number of morpholine rings is 1. The minimum atomic E-state index is -0.127. The number of nitrogens with one attached hydrogen (secondary N) is 1. The van der Waals surface area contributed by atoms with Crippen molar-refractivity contribution in [1.29, 1.82) is 0 Å². The second kappa shape index (κ2) is 10.7. The topological polar surface area (TPSA) is 63.2 Å². The van der Waals surface area contributed by atoms with Crippen molar-refractivity contribution in [1.82, 2.24) is 10.3 Å². The molecule has 3 rings (SSSR count). The minimum absolute atomic E-state index is 0.127. The van der Waals surface area contributed by atoms with E-state index in [1.807, 2.05) is 47.4 Å². The molecule has 1 amide bonds. The molecule has 148 valence electrons. The van der Waals surface area contributed by atoms with E-state index in [1.54, 1.807) is 6.21 Å². The Balaban J connectivity index is 1.44. The van der Waals surface area contributed by atoms with Crippen molar-refractivity contribution in [3.8, 4) is 5.75 Å². The molecule has 2 aromatic rings. The Hall–Kier alpha value is -1.74. The predicted molar refractivity (Wildman–Crippen MR) is 116 cm³/mol. The van der Waals surface area contributed by atoms with Crippen molar-refractivity contribution in [2.24, 2.45) is 5.10 Å². The molecule has 1 fully saturated rings. The van der Waals surface area contributed by atoms with E-state index in [0.717, 1.165) is 38.9 Å². The second-order valence-corrected chi connectivity index (χ2v) is 8.05. The van der Waals surface area contributed by atoms with Gasteiger partial charge in [0.1, 0.15) is 12.4 Å². The lowest BCUT2D eigenvalue weighted by molar-refractivity contribution is -0.123. The molecular formula is C20H21Br2N3O3. The first-order valence-electron chi connectivity index (χ1n) is 8.89. The lowest BCUT2D eigenvalue weighted by Crippen LogP contribution is -2.42. The zero-order valence-electron chi connectivity index (χ0n) is 15.2. The quantitative estimate of drug-likeness (QED) is 0.457. The van der Waals surface area contributed by atoms with Gasteiger partial charge >= 0.3 is 0 Å². The molecule has 1 aliphatic heterocycles. The molecule has 28 heavy (non-hydrogen) atoms. The third-order valence-electron chi connectivity index (χ3n) is 4.16. The predicted octanol–water partition coefficient (Wildman–Crippen LogP) is 3.57. The molecule has 0 saturated carbocycles. The van der Waals surface area contributed by atoms with Crippen molar-refractivity contribution in [2.45, 2.75) is 6.61 Å². The summed E-state index contributed by atoms with van der Waals surface area (Å²) in [4.78, 5) is 13.9. The van der Waals surface area contributed by atoms with Crippen molar-refractivity contribution >= 4 is 44.0 Å². The molecule has 0 atom stereocenters. The normalized spacial score (nSPS) is 14.9. The first-order valence-corrected chi connectivity index (χ1v) is 10.5. The van der Waals surface area contributed by atoms with Crippen LogP contribution in [0.1, 0.15) is 11.1 Å². The Labute approximate surface area is 181 Å². The van der Waals surface area contributed by atoms with Gasteiger partial charge in [-0.1, -0.05) is 37.9 Å². The Morgan fingerprint density at radius 1 is 1.18 bits per heavy atom. The number of amides is 1. The second-order valence-electron chi connectivity index (χ2n) is 6.28. The third kappa shape index (κ3) is 6.70. The molecule has 1 aliphatic rings. The highest BCUT2D eigenvalue weighted by Crippen LogP contribution is 2.23. The molecule has 1 N–H and O–H groups in total. The Bertz CT molecular complexity index is 822. The van der Waals surface area contributed by atoms with Crippen molar-refractivity contribution in [3.05, 3.63) is 62.5 Å². The molecule has 1 heterocycles. The van der Waals surface area contributed by atoms with Crippen LogP contribution < -0.4 is 10.2 Å². The summed E-state index contributed by atoms with van der Waals surface area (Å²) >= 11 is 6.97. The number of hydrogen-bond donors (Lipinski definition) is 1. The highest BCUT2D eigenvalue weighted by Gasteiger charge is 2.13. The Morgan fingerprint density at radius 2 is 1.93 bits per heavy atom. The SMILES string of the molecule is O=C(CN1CCOCC1)N/N=C\c1ccc(OCc2ccc(Br)cc2Br)cc1. The number of nitrogens with zero attached hydrogens (tertiary/aromatic N) is 2. The van der Waals surface area contributed by atoms with Crippen LogP contribution in [0.25, 0.3) is 0 Å². The van der Waals surface area contributed by atoms with Gasteiger partial charge < -0.3 is 9.47 Å². The van der Waals surface area contributed by atoms with Gasteiger partial charge in [0.15, 0.2) is 0 Å². The maximum Gasteiger partial charge on any atom is 0.254 e. The molecule has 0 bridgehead atoms. The number of benzene rings is 2. The lowest BCUT2D eigenvalue weighted by atomic mass is 10.2. The van der Waals surface area contributed by atoms with Crippen LogP contribution in [-0.4, -0.2) is 49.9 Å². The maximum atomic E-state index is 11.9. The van der Waals surface area contributed by atoms with Gasteiger partial charge in [-0.2, -0.15) is 5.10 Å². The molecule has 2 aromatic carbocycles. The van der Waals surface area contributed by atoms with Crippen molar-refractivity contribution < 1.29 is 14.3 Å². The van der Waals surface area contributed by atoms with Gasteiger partial charge in [0.25, 0.3) is 5.91 Å².